The second kappa shape index (κ2) is 6.39. The maximum Gasteiger partial charge on any atom is 0.125 e. The Morgan fingerprint density at radius 3 is 2.43 bits per heavy atom. The van der Waals surface area contributed by atoms with E-state index in [1.54, 1.807) is 11.3 Å². The van der Waals surface area contributed by atoms with Crippen molar-refractivity contribution >= 4 is 22.9 Å². The fourth-order valence-corrected chi connectivity index (χ4v) is 3.64. The highest BCUT2D eigenvalue weighted by Crippen LogP contribution is 2.36. The van der Waals surface area contributed by atoms with Crippen LogP contribution in [0.4, 0.5) is 0 Å². The average Bonchev–Trinajstić information content (AvgIpc) is 2.93. The molecule has 3 aromatic rings. The number of thiazole rings is 1. The van der Waals surface area contributed by atoms with Crippen LogP contribution in [0, 0.1) is 0 Å². The zero-order valence-electron chi connectivity index (χ0n) is 11.4. The van der Waals surface area contributed by atoms with Crippen LogP contribution in [0.2, 0.25) is 5.02 Å². The predicted octanol–water partition coefficient (Wildman–Crippen LogP) is 4.63. The summed E-state index contributed by atoms with van der Waals surface area (Å²) in [5, 5.41) is 1.67. The zero-order valence-corrected chi connectivity index (χ0v) is 13.0. The average molecular weight is 315 g/mol. The van der Waals surface area contributed by atoms with E-state index in [0.29, 0.717) is 6.54 Å². The number of benzene rings is 2. The molecule has 0 unspecified atom stereocenters. The lowest BCUT2D eigenvalue weighted by atomic mass is 10.1. The monoisotopic (exact) mass is 314 g/mol. The summed E-state index contributed by atoms with van der Waals surface area (Å²) in [7, 11) is 0. The van der Waals surface area contributed by atoms with Gasteiger partial charge in [-0.3, -0.25) is 0 Å². The van der Waals surface area contributed by atoms with Crippen LogP contribution in [0.25, 0.3) is 21.8 Å². The summed E-state index contributed by atoms with van der Waals surface area (Å²) in [5.74, 6) is 0. The van der Waals surface area contributed by atoms with Crippen LogP contribution in [-0.2, 0) is 6.42 Å². The molecule has 0 amide bonds. The van der Waals surface area contributed by atoms with E-state index < -0.39 is 0 Å². The highest BCUT2D eigenvalue weighted by Gasteiger charge is 2.15. The quantitative estimate of drug-likeness (QED) is 0.762. The van der Waals surface area contributed by atoms with E-state index in [-0.39, 0.29) is 0 Å². The van der Waals surface area contributed by atoms with E-state index in [9.17, 15) is 0 Å². The standard InChI is InChI=1S/C17H15ClN2S/c18-14-9-5-4-8-13(14)17-20-16(15(21-17)10-11-19)12-6-2-1-3-7-12/h1-9H,10-11,19H2. The van der Waals surface area contributed by atoms with Crippen LogP contribution in [0.15, 0.2) is 54.6 Å². The third-order valence-corrected chi connectivity index (χ3v) is 4.70. The summed E-state index contributed by atoms with van der Waals surface area (Å²) in [6, 6.07) is 18.0. The topological polar surface area (TPSA) is 38.9 Å². The van der Waals surface area contributed by atoms with Gasteiger partial charge in [0.25, 0.3) is 0 Å². The molecule has 0 spiro atoms. The molecule has 4 heteroatoms. The maximum absolute atomic E-state index is 6.29. The van der Waals surface area contributed by atoms with Crippen LogP contribution < -0.4 is 5.73 Å². The molecule has 2 aromatic carbocycles. The first kappa shape index (κ1) is 14.3. The van der Waals surface area contributed by atoms with Gasteiger partial charge in [-0.25, -0.2) is 4.98 Å². The summed E-state index contributed by atoms with van der Waals surface area (Å²) in [5.41, 5.74) is 8.85. The summed E-state index contributed by atoms with van der Waals surface area (Å²) in [6.07, 6.45) is 0.826. The zero-order chi connectivity index (χ0) is 14.7. The van der Waals surface area contributed by atoms with Crippen molar-refractivity contribution < 1.29 is 0 Å². The highest BCUT2D eigenvalue weighted by molar-refractivity contribution is 7.15. The van der Waals surface area contributed by atoms with Gasteiger partial charge in [-0.15, -0.1) is 11.3 Å². The van der Waals surface area contributed by atoms with Crippen LogP contribution in [0.5, 0.6) is 0 Å². The Morgan fingerprint density at radius 2 is 1.71 bits per heavy atom. The Kier molecular flexibility index (Phi) is 4.34. The minimum atomic E-state index is 0.615. The summed E-state index contributed by atoms with van der Waals surface area (Å²) in [6.45, 7) is 0.615. The van der Waals surface area contributed by atoms with Gasteiger partial charge in [0.2, 0.25) is 0 Å². The Hall–Kier alpha value is -1.68. The largest absolute Gasteiger partial charge is 0.330 e. The third-order valence-electron chi connectivity index (χ3n) is 3.22. The van der Waals surface area contributed by atoms with Gasteiger partial charge in [-0.05, 0) is 19.0 Å². The molecule has 2 N–H and O–H groups in total. The van der Waals surface area contributed by atoms with Gasteiger partial charge in [0.15, 0.2) is 0 Å². The fourth-order valence-electron chi connectivity index (χ4n) is 2.22. The van der Waals surface area contributed by atoms with Gasteiger partial charge in [0, 0.05) is 16.0 Å². The second-order valence-electron chi connectivity index (χ2n) is 4.68. The summed E-state index contributed by atoms with van der Waals surface area (Å²) < 4.78 is 0. The van der Waals surface area contributed by atoms with E-state index in [1.165, 1.54) is 4.88 Å². The molecule has 21 heavy (non-hydrogen) atoms. The Bertz CT molecular complexity index is 738. The molecule has 0 aliphatic rings. The van der Waals surface area contributed by atoms with Crippen molar-refractivity contribution in [2.75, 3.05) is 6.54 Å². The molecule has 0 aliphatic heterocycles. The maximum atomic E-state index is 6.29. The number of rotatable bonds is 4. The number of aromatic nitrogens is 1. The number of hydrogen-bond acceptors (Lipinski definition) is 3. The lowest BCUT2D eigenvalue weighted by Crippen LogP contribution is -2.02. The number of halogens is 1. The third kappa shape index (κ3) is 3.00. The van der Waals surface area contributed by atoms with Crippen LogP contribution in [0.1, 0.15) is 4.88 Å². The first-order chi connectivity index (χ1) is 10.3. The molecule has 3 rings (SSSR count). The highest BCUT2D eigenvalue weighted by atomic mass is 35.5. The molecular formula is C17H15ClN2S. The van der Waals surface area contributed by atoms with Crippen molar-refractivity contribution in [2.24, 2.45) is 5.73 Å². The smallest absolute Gasteiger partial charge is 0.125 e. The van der Waals surface area contributed by atoms with Gasteiger partial charge in [-0.1, -0.05) is 60.1 Å². The SMILES string of the molecule is NCCc1sc(-c2ccccc2Cl)nc1-c1ccccc1. The van der Waals surface area contributed by atoms with Crippen molar-refractivity contribution in [3.05, 3.63) is 64.5 Å². The first-order valence-corrected chi connectivity index (χ1v) is 7.99. The van der Waals surface area contributed by atoms with Gasteiger partial charge in [0.05, 0.1) is 10.7 Å². The van der Waals surface area contributed by atoms with Crippen LogP contribution in [-0.4, -0.2) is 11.5 Å². The van der Waals surface area contributed by atoms with Crippen LogP contribution >= 0.6 is 22.9 Å². The Morgan fingerprint density at radius 1 is 1.00 bits per heavy atom. The van der Waals surface area contributed by atoms with Gasteiger partial charge in [0.1, 0.15) is 5.01 Å². The lowest BCUT2D eigenvalue weighted by molar-refractivity contribution is 0.986. The van der Waals surface area contributed by atoms with Gasteiger partial charge < -0.3 is 5.73 Å². The van der Waals surface area contributed by atoms with Crippen molar-refractivity contribution in [1.29, 1.82) is 0 Å². The number of hydrogen-bond donors (Lipinski definition) is 1. The van der Waals surface area contributed by atoms with Crippen molar-refractivity contribution in [1.82, 2.24) is 4.98 Å². The van der Waals surface area contributed by atoms with E-state index in [1.807, 2.05) is 42.5 Å². The summed E-state index contributed by atoms with van der Waals surface area (Å²) in [4.78, 5) is 6.02. The fraction of sp³-hybridized carbons (Fsp3) is 0.118. The Labute approximate surface area is 133 Å². The molecule has 1 aromatic heterocycles. The van der Waals surface area contributed by atoms with Crippen molar-refractivity contribution in [3.63, 3.8) is 0 Å². The number of nitrogens with two attached hydrogens (primary N) is 1. The van der Waals surface area contributed by atoms with Crippen molar-refractivity contribution in [2.45, 2.75) is 6.42 Å². The normalized spacial score (nSPS) is 10.8. The second-order valence-corrected chi connectivity index (χ2v) is 6.17. The van der Waals surface area contributed by atoms with Crippen LogP contribution in [0.3, 0.4) is 0 Å². The molecule has 0 saturated heterocycles. The molecular weight excluding hydrogens is 300 g/mol. The van der Waals surface area contributed by atoms with E-state index in [4.69, 9.17) is 22.3 Å². The summed E-state index contributed by atoms with van der Waals surface area (Å²) >= 11 is 7.96. The molecule has 0 fully saturated rings. The Balaban J connectivity index is 2.11. The van der Waals surface area contributed by atoms with E-state index in [2.05, 4.69) is 12.1 Å². The molecule has 0 bridgehead atoms. The molecule has 0 radical (unpaired) electrons. The molecule has 1 heterocycles. The van der Waals surface area contributed by atoms with E-state index in [0.717, 1.165) is 33.3 Å². The molecule has 106 valence electrons. The minimum absolute atomic E-state index is 0.615. The molecule has 0 aliphatic carbocycles. The number of nitrogens with zero attached hydrogens (tertiary/aromatic N) is 1. The molecule has 2 nitrogen and oxygen atoms in total. The van der Waals surface area contributed by atoms with Crippen molar-refractivity contribution in [3.8, 4) is 21.8 Å². The predicted molar refractivity (Wildman–Crippen MR) is 90.8 cm³/mol. The minimum Gasteiger partial charge on any atom is -0.330 e. The molecule has 0 atom stereocenters. The van der Waals surface area contributed by atoms with Gasteiger partial charge in [-0.2, -0.15) is 0 Å². The lowest BCUT2D eigenvalue weighted by Gasteiger charge is -2.00. The molecule has 0 saturated carbocycles. The van der Waals surface area contributed by atoms with Gasteiger partial charge >= 0.3 is 0 Å². The first-order valence-electron chi connectivity index (χ1n) is 6.79. The van der Waals surface area contributed by atoms with E-state index >= 15 is 0 Å².